The van der Waals surface area contributed by atoms with Gasteiger partial charge in [-0.3, -0.25) is 5.10 Å². The number of aryl methyl sites for hydroxylation is 1. The number of aliphatic hydroxyl groups is 1. The minimum atomic E-state index is 0. The van der Waals surface area contributed by atoms with Crippen molar-refractivity contribution in [2.75, 3.05) is 6.61 Å². The van der Waals surface area contributed by atoms with Gasteiger partial charge in [0.05, 0.1) is 0 Å². The third kappa shape index (κ3) is 2.80. The van der Waals surface area contributed by atoms with Crippen molar-refractivity contribution in [3.63, 3.8) is 0 Å². The maximum atomic E-state index is 8.40. The van der Waals surface area contributed by atoms with Crippen LogP contribution in [-0.2, 0) is 6.42 Å². The zero-order valence-corrected chi connectivity index (χ0v) is 6.27. The molecule has 0 radical (unpaired) electrons. The van der Waals surface area contributed by atoms with Crippen LogP contribution in [0.15, 0.2) is 6.33 Å². The molecule has 0 aliphatic heterocycles. The Bertz CT molecular complexity index is 154. The monoisotopic (exact) mass is 163 g/mol. The SMILES string of the molecule is Cl.OCCCc1ncn[nH]1. The number of hydrogen-bond acceptors (Lipinski definition) is 3. The van der Waals surface area contributed by atoms with Gasteiger partial charge in [-0.05, 0) is 6.42 Å². The van der Waals surface area contributed by atoms with Crippen LogP contribution in [0.5, 0.6) is 0 Å². The van der Waals surface area contributed by atoms with Gasteiger partial charge in [0.1, 0.15) is 12.2 Å². The van der Waals surface area contributed by atoms with E-state index in [2.05, 4.69) is 15.2 Å². The van der Waals surface area contributed by atoms with Crippen molar-refractivity contribution in [3.05, 3.63) is 12.2 Å². The van der Waals surface area contributed by atoms with E-state index in [0.29, 0.717) is 0 Å². The largest absolute Gasteiger partial charge is 0.396 e. The molecule has 0 spiro atoms. The molecule has 0 bridgehead atoms. The summed E-state index contributed by atoms with van der Waals surface area (Å²) in [5, 5.41) is 14.8. The summed E-state index contributed by atoms with van der Waals surface area (Å²) < 4.78 is 0. The zero-order chi connectivity index (χ0) is 6.53. The number of hydrogen-bond donors (Lipinski definition) is 2. The average Bonchev–Trinajstić information content (AvgIpc) is 2.34. The molecule has 0 amide bonds. The van der Waals surface area contributed by atoms with E-state index in [1.165, 1.54) is 6.33 Å². The van der Waals surface area contributed by atoms with Crippen molar-refractivity contribution < 1.29 is 5.11 Å². The van der Waals surface area contributed by atoms with Crippen LogP contribution in [-0.4, -0.2) is 26.9 Å². The van der Waals surface area contributed by atoms with Crippen LogP contribution >= 0.6 is 12.4 Å². The summed E-state index contributed by atoms with van der Waals surface area (Å²) in [5.74, 6) is 0.837. The van der Waals surface area contributed by atoms with E-state index in [-0.39, 0.29) is 19.0 Å². The van der Waals surface area contributed by atoms with Gasteiger partial charge in [0, 0.05) is 13.0 Å². The lowest BCUT2D eigenvalue weighted by Gasteiger charge is -1.88. The van der Waals surface area contributed by atoms with Gasteiger partial charge in [0.2, 0.25) is 0 Å². The van der Waals surface area contributed by atoms with Crippen LogP contribution < -0.4 is 0 Å². The van der Waals surface area contributed by atoms with Crippen LogP contribution in [0.4, 0.5) is 0 Å². The molecule has 0 aliphatic carbocycles. The van der Waals surface area contributed by atoms with Gasteiger partial charge in [0.25, 0.3) is 0 Å². The molecule has 1 rings (SSSR count). The number of rotatable bonds is 3. The maximum Gasteiger partial charge on any atom is 0.137 e. The van der Waals surface area contributed by atoms with Crippen molar-refractivity contribution >= 4 is 12.4 Å². The molecular formula is C5H10ClN3O. The molecular weight excluding hydrogens is 154 g/mol. The number of nitrogens with zero attached hydrogens (tertiary/aromatic N) is 2. The highest BCUT2D eigenvalue weighted by atomic mass is 35.5. The fourth-order valence-corrected chi connectivity index (χ4v) is 0.598. The van der Waals surface area contributed by atoms with Gasteiger partial charge in [-0.15, -0.1) is 12.4 Å². The Kier molecular flexibility index (Phi) is 4.88. The quantitative estimate of drug-likeness (QED) is 0.667. The topological polar surface area (TPSA) is 61.8 Å². The Balaban J connectivity index is 0.000000810. The fourth-order valence-electron chi connectivity index (χ4n) is 0.598. The fraction of sp³-hybridized carbons (Fsp3) is 0.600. The Morgan fingerprint density at radius 2 is 2.40 bits per heavy atom. The first-order valence-electron chi connectivity index (χ1n) is 2.88. The van der Waals surface area contributed by atoms with Crippen molar-refractivity contribution in [1.82, 2.24) is 15.2 Å². The van der Waals surface area contributed by atoms with Gasteiger partial charge in [0.15, 0.2) is 0 Å². The average molecular weight is 164 g/mol. The van der Waals surface area contributed by atoms with Crippen LogP contribution in [0.25, 0.3) is 0 Å². The second-order valence-corrected chi connectivity index (χ2v) is 1.76. The van der Waals surface area contributed by atoms with E-state index >= 15 is 0 Å². The van der Waals surface area contributed by atoms with Gasteiger partial charge < -0.3 is 5.11 Å². The molecule has 0 saturated carbocycles. The molecule has 58 valence electrons. The predicted molar refractivity (Wildman–Crippen MR) is 39.0 cm³/mol. The molecule has 2 N–H and O–H groups in total. The standard InChI is InChI=1S/C5H9N3O.ClH/c9-3-1-2-5-6-4-7-8-5;/h4,9H,1-3H2,(H,6,7,8);1H. The Labute approximate surface area is 65.1 Å². The molecule has 4 nitrogen and oxygen atoms in total. The molecule has 1 aromatic rings. The molecule has 1 heterocycles. The van der Waals surface area contributed by atoms with Gasteiger partial charge in [-0.1, -0.05) is 0 Å². The molecule has 5 heteroatoms. The van der Waals surface area contributed by atoms with E-state index in [4.69, 9.17) is 5.11 Å². The van der Waals surface area contributed by atoms with Crippen LogP contribution in [0, 0.1) is 0 Å². The maximum absolute atomic E-state index is 8.40. The van der Waals surface area contributed by atoms with Gasteiger partial charge in [-0.2, -0.15) is 5.10 Å². The third-order valence-corrected chi connectivity index (χ3v) is 1.04. The summed E-state index contributed by atoms with van der Waals surface area (Å²) in [5.41, 5.74) is 0. The summed E-state index contributed by atoms with van der Waals surface area (Å²) in [4.78, 5) is 3.88. The van der Waals surface area contributed by atoms with Crippen molar-refractivity contribution in [3.8, 4) is 0 Å². The molecule has 1 aromatic heterocycles. The van der Waals surface area contributed by atoms with Crippen LogP contribution in [0.2, 0.25) is 0 Å². The van der Waals surface area contributed by atoms with E-state index < -0.39 is 0 Å². The first-order chi connectivity index (χ1) is 4.43. The van der Waals surface area contributed by atoms with E-state index in [0.717, 1.165) is 18.7 Å². The number of nitrogens with one attached hydrogen (secondary N) is 1. The number of H-pyrrole nitrogens is 1. The second-order valence-electron chi connectivity index (χ2n) is 1.76. The second kappa shape index (κ2) is 5.20. The van der Waals surface area contributed by atoms with Crippen LogP contribution in [0.1, 0.15) is 12.2 Å². The summed E-state index contributed by atoms with van der Waals surface area (Å²) >= 11 is 0. The van der Waals surface area contributed by atoms with E-state index in [9.17, 15) is 0 Å². The Morgan fingerprint density at radius 3 is 2.90 bits per heavy atom. The molecule has 10 heavy (non-hydrogen) atoms. The summed E-state index contributed by atoms with van der Waals surface area (Å²) in [6.45, 7) is 0.209. The lowest BCUT2D eigenvalue weighted by molar-refractivity contribution is 0.287. The number of aliphatic hydroxyl groups excluding tert-OH is 1. The van der Waals surface area contributed by atoms with Crippen molar-refractivity contribution in [2.24, 2.45) is 0 Å². The summed E-state index contributed by atoms with van der Waals surface area (Å²) in [6.07, 6.45) is 2.98. The molecule has 0 fully saturated rings. The van der Waals surface area contributed by atoms with E-state index in [1.807, 2.05) is 0 Å². The van der Waals surface area contributed by atoms with E-state index in [1.54, 1.807) is 0 Å². The van der Waals surface area contributed by atoms with Gasteiger partial charge >= 0.3 is 0 Å². The first-order valence-corrected chi connectivity index (χ1v) is 2.88. The highest BCUT2D eigenvalue weighted by Gasteiger charge is 1.91. The zero-order valence-electron chi connectivity index (χ0n) is 5.45. The van der Waals surface area contributed by atoms with Crippen LogP contribution in [0.3, 0.4) is 0 Å². The highest BCUT2D eigenvalue weighted by Crippen LogP contribution is 1.90. The number of aromatic amines is 1. The Hall–Kier alpha value is -0.610. The number of aromatic nitrogens is 3. The lowest BCUT2D eigenvalue weighted by Crippen LogP contribution is -1.91. The first kappa shape index (κ1) is 9.39. The number of halogens is 1. The highest BCUT2D eigenvalue weighted by molar-refractivity contribution is 5.85. The Morgan fingerprint density at radius 1 is 1.60 bits per heavy atom. The minimum absolute atomic E-state index is 0. The molecule has 0 aromatic carbocycles. The lowest BCUT2D eigenvalue weighted by atomic mass is 10.3. The summed E-state index contributed by atoms with van der Waals surface area (Å²) in [7, 11) is 0. The normalized spacial score (nSPS) is 8.90. The predicted octanol–water partition coefficient (Wildman–Crippen LogP) is 0.151. The molecule has 0 aliphatic rings. The third-order valence-electron chi connectivity index (χ3n) is 1.04. The van der Waals surface area contributed by atoms with Gasteiger partial charge in [-0.25, -0.2) is 4.98 Å². The van der Waals surface area contributed by atoms with Crippen molar-refractivity contribution in [1.29, 1.82) is 0 Å². The summed E-state index contributed by atoms with van der Waals surface area (Å²) in [6, 6.07) is 0. The smallest absolute Gasteiger partial charge is 0.137 e. The molecule has 0 atom stereocenters. The minimum Gasteiger partial charge on any atom is -0.396 e. The molecule has 0 saturated heterocycles. The molecule has 0 unspecified atom stereocenters. The van der Waals surface area contributed by atoms with Crippen molar-refractivity contribution in [2.45, 2.75) is 12.8 Å².